The summed E-state index contributed by atoms with van der Waals surface area (Å²) in [6.45, 7) is 1.77. The summed E-state index contributed by atoms with van der Waals surface area (Å²) in [6.07, 6.45) is 0. The lowest BCUT2D eigenvalue weighted by atomic mass is 9.93. The zero-order chi connectivity index (χ0) is 17.6. The Morgan fingerprint density at radius 3 is 2.46 bits per heavy atom. The van der Waals surface area contributed by atoms with Gasteiger partial charge in [0, 0.05) is 10.9 Å². The number of ketones is 1. The van der Waals surface area contributed by atoms with E-state index in [9.17, 15) is 9.90 Å². The summed E-state index contributed by atoms with van der Waals surface area (Å²) in [6, 6.07) is 8.85. The van der Waals surface area contributed by atoms with Crippen LogP contribution in [0.4, 0.5) is 0 Å². The fourth-order valence-electron chi connectivity index (χ4n) is 2.58. The van der Waals surface area contributed by atoms with Crippen LogP contribution in [0, 0.1) is 0 Å². The Hall–Kier alpha value is -1.24. The van der Waals surface area contributed by atoms with Crippen molar-refractivity contribution in [1.29, 1.82) is 0 Å². The average Bonchev–Trinajstić information content (AvgIpc) is 2.90. The number of phenols is 1. The lowest BCUT2D eigenvalue weighted by molar-refractivity contribution is 0.103. The van der Waals surface area contributed by atoms with Crippen molar-refractivity contribution >= 4 is 73.5 Å². The van der Waals surface area contributed by atoms with Gasteiger partial charge in [-0.1, -0.05) is 17.6 Å². The maximum atomic E-state index is 13.1. The molecule has 1 unspecified atom stereocenters. The van der Waals surface area contributed by atoms with Crippen LogP contribution in [0.5, 0.6) is 5.75 Å². The number of rotatable bonds is 3. The van der Waals surface area contributed by atoms with Gasteiger partial charge in [-0.15, -0.1) is 11.6 Å². The molecule has 0 radical (unpaired) electrons. The second-order valence-electron chi connectivity index (χ2n) is 5.57. The maximum Gasteiger partial charge on any atom is 0.197 e. The Labute approximate surface area is 161 Å². The molecule has 1 atom stereocenters. The molecule has 1 aromatic heterocycles. The molecule has 24 heavy (non-hydrogen) atoms. The molecule has 1 N–H and O–H groups in total. The molecule has 3 nitrogen and oxygen atoms in total. The summed E-state index contributed by atoms with van der Waals surface area (Å²) in [5, 5.41) is 10.1. The van der Waals surface area contributed by atoms with Gasteiger partial charge in [-0.3, -0.25) is 4.79 Å². The van der Waals surface area contributed by atoms with Gasteiger partial charge in [-0.05, 0) is 57.0 Å². The van der Waals surface area contributed by atoms with E-state index in [1.165, 1.54) is 0 Å². The Morgan fingerprint density at radius 2 is 1.88 bits per heavy atom. The van der Waals surface area contributed by atoms with E-state index >= 15 is 0 Å². The van der Waals surface area contributed by atoms with Crippen molar-refractivity contribution in [3.05, 3.63) is 56.2 Å². The average molecular weight is 470 g/mol. The van der Waals surface area contributed by atoms with E-state index in [1.807, 2.05) is 26.0 Å². The minimum atomic E-state index is -0.444. The second kappa shape index (κ2) is 6.58. The quantitative estimate of drug-likeness (QED) is 0.350. The molecule has 0 aliphatic rings. The standard InChI is InChI=1S/C17H12BBr2ClO3/c1-7(21)17-14(10-3-2-9(18)6-13(10)24-17)15(22)8-4-11(19)16(23)12(20)5-8/h2-7,23H,18H2,1H3. The molecular formula is C17H12BBr2ClO3. The monoisotopic (exact) mass is 468 g/mol. The van der Waals surface area contributed by atoms with Crippen LogP contribution in [0.2, 0.25) is 0 Å². The first-order valence-electron chi connectivity index (χ1n) is 7.19. The third kappa shape index (κ3) is 3.03. The van der Waals surface area contributed by atoms with E-state index in [4.69, 9.17) is 16.0 Å². The third-order valence-corrected chi connectivity index (χ3v) is 5.15. The molecule has 0 spiro atoms. The van der Waals surface area contributed by atoms with E-state index in [0.717, 1.165) is 10.8 Å². The van der Waals surface area contributed by atoms with Gasteiger partial charge in [0.15, 0.2) is 5.78 Å². The van der Waals surface area contributed by atoms with Crippen molar-refractivity contribution < 1.29 is 14.3 Å². The summed E-state index contributed by atoms with van der Waals surface area (Å²) >= 11 is 12.7. The topological polar surface area (TPSA) is 50.4 Å². The van der Waals surface area contributed by atoms with Gasteiger partial charge in [0.2, 0.25) is 0 Å². The largest absolute Gasteiger partial charge is 0.506 e. The fraction of sp³-hybridized carbons (Fsp3) is 0.118. The van der Waals surface area contributed by atoms with Crippen LogP contribution in [0.25, 0.3) is 11.0 Å². The molecule has 3 aromatic rings. The van der Waals surface area contributed by atoms with Crippen LogP contribution in [0.3, 0.4) is 0 Å². The summed E-state index contributed by atoms with van der Waals surface area (Å²) < 4.78 is 6.71. The molecule has 0 aliphatic carbocycles. The summed E-state index contributed by atoms with van der Waals surface area (Å²) in [4.78, 5) is 13.1. The molecule has 0 amide bonds. The number of hydrogen-bond donors (Lipinski definition) is 1. The van der Waals surface area contributed by atoms with Crippen LogP contribution < -0.4 is 5.46 Å². The van der Waals surface area contributed by atoms with Gasteiger partial charge in [-0.25, -0.2) is 0 Å². The predicted molar refractivity (Wildman–Crippen MR) is 106 cm³/mol. The molecular weight excluding hydrogens is 458 g/mol. The van der Waals surface area contributed by atoms with Gasteiger partial charge in [0.1, 0.15) is 24.9 Å². The third-order valence-electron chi connectivity index (χ3n) is 3.74. The van der Waals surface area contributed by atoms with E-state index < -0.39 is 5.38 Å². The Balaban J connectivity index is 2.24. The Bertz CT molecular complexity index is 943. The first kappa shape index (κ1) is 17.6. The van der Waals surface area contributed by atoms with Crippen LogP contribution in [0.1, 0.15) is 34.0 Å². The molecule has 2 aromatic carbocycles. The smallest absolute Gasteiger partial charge is 0.197 e. The number of carbonyl (C=O) groups is 1. The van der Waals surface area contributed by atoms with Crippen LogP contribution >= 0.6 is 43.5 Å². The number of carbonyl (C=O) groups excluding carboxylic acids is 1. The number of aromatic hydroxyl groups is 1. The normalized spacial score (nSPS) is 12.5. The molecule has 1 heterocycles. The number of fused-ring (bicyclic) bond motifs is 1. The lowest BCUT2D eigenvalue weighted by Crippen LogP contribution is -2.05. The number of furan rings is 1. The number of halogens is 3. The highest BCUT2D eigenvalue weighted by Crippen LogP contribution is 2.37. The summed E-state index contributed by atoms with van der Waals surface area (Å²) in [5.74, 6) is 0.286. The second-order valence-corrected chi connectivity index (χ2v) is 7.94. The van der Waals surface area contributed by atoms with Crippen LogP contribution in [-0.2, 0) is 0 Å². The minimum absolute atomic E-state index is 0.0464. The lowest BCUT2D eigenvalue weighted by Gasteiger charge is -2.07. The van der Waals surface area contributed by atoms with E-state index in [2.05, 4.69) is 31.9 Å². The van der Waals surface area contributed by atoms with Crippen molar-refractivity contribution in [2.45, 2.75) is 12.3 Å². The van der Waals surface area contributed by atoms with Crippen molar-refractivity contribution in [3.63, 3.8) is 0 Å². The highest BCUT2D eigenvalue weighted by molar-refractivity contribution is 9.11. The fourth-order valence-corrected chi connectivity index (χ4v) is 3.92. The Morgan fingerprint density at radius 1 is 1.25 bits per heavy atom. The first-order valence-corrected chi connectivity index (χ1v) is 9.21. The molecule has 0 fully saturated rings. The minimum Gasteiger partial charge on any atom is -0.506 e. The molecule has 122 valence electrons. The predicted octanol–water partition coefficient (Wildman–Crippen LogP) is 4.45. The maximum absolute atomic E-state index is 13.1. The summed E-state index contributed by atoms with van der Waals surface area (Å²) in [5.41, 5.74) is 2.56. The number of hydrogen-bond acceptors (Lipinski definition) is 3. The molecule has 0 saturated heterocycles. The van der Waals surface area contributed by atoms with Gasteiger partial charge < -0.3 is 9.52 Å². The zero-order valence-corrected chi connectivity index (χ0v) is 16.8. The molecule has 7 heteroatoms. The van der Waals surface area contributed by atoms with Crippen molar-refractivity contribution in [2.75, 3.05) is 0 Å². The highest BCUT2D eigenvalue weighted by atomic mass is 79.9. The zero-order valence-electron chi connectivity index (χ0n) is 12.9. The molecule has 0 saturated carbocycles. The molecule has 3 rings (SSSR count). The van der Waals surface area contributed by atoms with Gasteiger partial charge in [-0.2, -0.15) is 0 Å². The van der Waals surface area contributed by atoms with Gasteiger partial charge >= 0.3 is 0 Å². The number of alkyl halides is 1. The first-order chi connectivity index (χ1) is 11.3. The van der Waals surface area contributed by atoms with Gasteiger partial charge in [0.25, 0.3) is 0 Å². The van der Waals surface area contributed by atoms with Crippen molar-refractivity contribution in [1.82, 2.24) is 0 Å². The van der Waals surface area contributed by atoms with Crippen LogP contribution in [-0.4, -0.2) is 18.7 Å². The SMILES string of the molecule is Bc1ccc2c(C(=O)c3cc(Br)c(O)c(Br)c3)c(C(C)Cl)oc2c1. The highest BCUT2D eigenvalue weighted by Gasteiger charge is 2.25. The number of phenolic OH excluding ortho intramolecular Hbond substituents is 1. The van der Waals surface area contributed by atoms with E-state index in [-0.39, 0.29) is 11.5 Å². The van der Waals surface area contributed by atoms with Crippen molar-refractivity contribution in [3.8, 4) is 5.75 Å². The van der Waals surface area contributed by atoms with Gasteiger partial charge in [0.05, 0.1) is 19.9 Å². The van der Waals surface area contributed by atoms with E-state index in [1.54, 1.807) is 19.1 Å². The van der Waals surface area contributed by atoms with Crippen molar-refractivity contribution in [2.24, 2.45) is 0 Å². The van der Waals surface area contributed by atoms with Crippen LogP contribution in [0.15, 0.2) is 43.7 Å². The Kier molecular flexibility index (Phi) is 4.82. The number of benzene rings is 2. The summed E-state index contributed by atoms with van der Waals surface area (Å²) in [7, 11) is 1.96. The van der Waals surface area contributed by atoms with E-state index in [0.29, 0.717) is 31.4 Å². The molecule has 0 bridgehead atoms. The molecule has 0 aliphatic heterocycles.